The van der Waals surface area contributed by atoms with Crippen LogP contribution in [0.4, 0.5) is 0 Å². The normalized spacial score (nSPS) is 19.7. The van der Waals surface area contributed by atoms with Crippen LogP contribution in [0, 0.1) is 12.3 Å². The Bertz CT molecular complexity index is 433. The summed E-state index contributed by atoms with van der Waals surface area (Å²) in [5.41, 5.74) is 1.94. The molecule has 0 aromatic carbocycles. The second kappa shape index (κ2) is 6.81. The zero-order chi connectivity index (χ0) is 15.5. The summed E-state index contributed by atoms with van der Waals surface area (Å²) < 4.78 is 0. The lowest BCUT2D eigenvalue weighted by Crippen LogP contribution is -2.49. The van der Waals surface area contributed by atoms with E-state index in [1.165, 1.54) is 0 Å². The molecule has 0 spiro atoms. The highest BCUT2D eigenvalue weighted by molar-refractivity contribution is 5.00. The molecule has 21 heavy (non-hydrogen) atoms. The zero-order valence-electron chi connectivity index (χ0n) is 13.7. The van der Waals surface area contributed by atoms with E-state index < -0.39 is 0 Å². The fourth-order valence-electron chi connectivity index (χ4n) is 2.38. The summed E-state index contributed by atoms with van der Waals surface area (Å²) in [6, 6.07) is 0. The Morgan fingerprint density at radius 1 is 1.10 bits per heavy atom. The molecule has 0 amide bonds. The molecule has 118 valence electrons. The molecule has 1 aromatic heterocycles. The number of aryl methyl sites for hydroxylation is 1. The van der Waals surface area contributed by atoms with Crippen LogP contribution in [0.3, 0.4) is 0 Å². The van der Waals surface area contributed by atoms with E-state index in [4.69, 9.17) is 0 Å². The highest BCUT2D eigenvalue weighted by atomic mass is 16.3. The van der Waals surface area contributed by atoms with Crippen LogP contribution in [0.1, 0.15) is 32.2 Å². The Morgan fingerprint density at radius 3 is 2.24 bits per heavy atom. The van der Waals surface area contributed by atoms with Gasteiger partial charge in [-0.2, -0.15) is 0 Å². The number of β-amino-alcohol motifs (C(OH)–C–C–N with tert-alkyl or cyclic N) is 1. The SMILES string of the molecule is Cc1cnc(CN2CCN(C[C@@H](O)C(C)(C)C)CC2)cn1. The molecule has 0 saturated carbocycles. The smallest absolute Gasteiger partial charge is 0.0727 e. The van der Waals surface area contributed by atoms with Crippen molar-refractivity contribution >= 4 is 0 Å². The Labute approximate surface area is 128 Å². The molecule has 1 saturated heterocycles. The summed E-state index contributed by atoms with van der Waals surface area (Å²) in [6.45, 7) is 13.9. The van der Waals surface area contributed by atoms with Crippen molar-refractivity contribution < 1.29 is 5.11 Å². The number of aliphatic hydroxyl groups excluding tert-OH is 1. The van der Waals surface area contributed by atoms with Gasteiger partial charge in [0.15, 0.2) is 0 Å². The van der Waals surface area contributed by atoms with E-state index in [-0.39, 0.29) is 11.5 Å². The Hall–Kier alpha value is -1.04. The Balaban J connectivity index is 1.77. The van der Waals surface area contributed by atoms with Crippen LogP contribution in [0.5, 0.6) is 0 Å². The molecule has 0 unspecified atom stereocenters. The molecule has 5 nitrogen and oxygen atoms in total. The maximum Gasteiger partial charge on any atom is 0.0727 e. The topological polar surface area (TPSA) is 52.5 Å². The summed E-state index contributed by atoms with van der Waals surface area (Å²) in [4.78, 5) is 13.5. The van der Waals surface area contributed by atoms with Crippen molar-refractivity contribution in [1.29, 1.82) is 0 Å². The highest BCUT2D eigenvalue weighted by Gasteiger charge is 2.26. The summed E-state index contributed by atoms with van der Waals surface area (Å²) in [5, 5.41) is 10.2. The fraction of sp³-hybridized carbons (Fsp3) is 0.750. The molecule has 1 atom stereocenters. The molecule has 1 N–H and O–H groups in total. The molecular formula is C16H28N4O. The molecule has 1 aliphatic rings. The second-order valence-corrected chi connectivity index (χ2v) is 7.11. The lowest BCUT2D eigenvalue weighted by atomic mass is 9.89. The monoisotopic (exact) mass is 292 g/mol. The van der Waals surface area contributed by atoms with Gasteiger partial charge in [-0.3, -0.25) is 19.8 Å². The van der Waals surface area contributed by atoms with Gasteiger partial charge in [0, 0.05) is 51.7 Å². The average Bonchev–Trinajstić information content (AvgIpc) is 2.42. The van der Waals surface area contributed by atoms with E-state index >= 15 is 0 Å². The first-order valence-corrected chi connectivity index (χ1v) is 7.75. The van der Waals surface area contributed by atoms with Crippen molar-refractivity contribution in [2.45, 2.75) is 40.3 Å². The van der Waals surface area contributed by atoms with E-state index in [0.29, 0.717) is 0 Å². The molecule has 0 aliphatic carbocycles. The predicted molar refractivity (Wildman–Crippen MR) is 83.9 cm³/mol. The molecule has 2 heterocycles. The highest BCUT2D eigenvalue weighted by Crippen LogP contribution is 2.20. The number of nitrogens with zero attached hydrogens (tertiary/aromatic N) is 4. The van der Waals surface area contributed by atoms with Gasteiger partial charge < -0.3 is 5.11 Å². The second-order valence-electron chi connectivity index (χ2n) is 7.11. The maximum absolute atomic E-state index is 10.2. The van der Waals surface area contributed by atoms with Gasteiger partial charge in [-0.1, -0.05) is 20.8 Å². The van der Waals surface area contributed by atoms with Crippen molar-refractivity contribution in [2.75, 3.05) is 32.7 Å². The minimum absolute atomic E-state index is 0.0470. The maximum atomic E-state index is 10.2. The summed E-state index contributed by atoms with van der Waals surface area (Å²) in [6.07, 6.45) is 3.42. The van der Waals surface area contributed by atoms with Gasteiger partial charge in [0.25, 0.3) is 0 Å². The van der Waals surface area contributed by atoms with Gasteiger partial charge in [0.2, 0.25) is 0 Å². The molecule has 0 radical (unpaired) electrons. The number of piperazine rings is 1. The lowest BCUT2D eigenvalue weighted by molar-refractivity contribution is 0.0124. The minimum atomic E-state index is -0.271. The van der Waals surface area contributed by atoms with Crippen LogP contribution in [-0.2, 0) is 6.54 Å². The zero-order valence-corrected chi connectivity index (χ0v) is 13.7. The Morgan fingerprint density at radius 2 is 1.71 bits per heavy atom. The van der Waals surface area contributed by atoms with Crippen LogP contribution < -0.4 is 0 Å². The van der Waals surface area contributed by atoms with Crippen molar-refractivity contribution in [3.8, 4) is 0 Å². The first-order chi connectivity index (χ1) is 9.84. The third-order valence-electron chi connectivity index (χ3n) is 4.12. The van der Waals surface area contributed by atoms with E-state index in [0.717, 1.165) is 50.7 Å². The van der Waals surface area contributed by atoms with E-state index in [1.807, 2.05) is 19.3 Å². The number of hydrogen-bond donors (Lipinski definition) is 1. The summed E-state index contributed by atoms with van der Waals surface area (Å²) in [5.74, 6) is 0. The van der Waals surface area contributed by atoms with Crippen LogP contribution in [0.15, 0.2) is 12.4 Å². The summed E-state index contributed by atoms with van der Waals surface area (Å²) in [7, 11) is 0. The Kier molecular flexibility index (Phi) is 5.30. The van der Waals surface area contributed by atoms with Crippen LogP contribution in [0.2, 0.25) is 0 Å². The number of hydrogen-bond acceptors (Lipinski definition) is 5. The standard InChI is InChI=1S/C16H28N4O/c1-13-9-18-14(10-17-13)11-19-5-7-20(8-6-19)12-15(21)16(2,3)4/h9-10,15,21H,5-8,11-12H2,1-4H3/t15-/m1/s1. The van der Waals surface area contributed by atoms with Crippen molar-refractivity contribution in [3.63, 3.8) is 0 Å². The number of aromatic nitrogens is 2. The number of rotatable bonds is 4. The van der Waals surface area contributed by atoms with Gasteiger partial charge in [-0.05, 0) is 12.3 Å². The fourth-order valence-corrected chi connectivity index (χ4v) is 2.38. The van der Waals surface area contributed by atoms with E-state index in [2.05, 4.69) is 40.5 Å². The van der Waals surface area contributed by atoms with Crippen LogP contribution in [0.25, 0.3) is 0 Å². The lowest BCUT2D eigenvalue weighted by Gasteiger charge is -2.37. The van der Waals surface area contributed by atoms with Crippen LogP contribution >= 0.6 is 0 Å². The average molecular weight is 292 g/mol. The van der Waals surface area contributed by atoms with Gasteiger partial charge in [0.1, 0.15) is 0 Å². The third kappa shape index (κ3) is 5.02. The minimum Gasteiger partial charge on any atom is -0.391 e. The van der Waals surface area contributed by atoms with Crippen molar-refractivity contribution in [1.82, 2.24) is 19.8 Å². The molecular weight excluding hydrogens is 264 g/mol. The molecule has 0 bridgehead atoms. The molecule has 1 aromatic rings. The molecule has 2 rings (SSSR count). The van der Waals surface area contributed by atoms with Crippen LogP contribution in [-0.4, -0.2) is 63.7 Å². The van der Waals surface area contributed by atoms with Crippen molar-refractivity contribution in [2.24, 2.45) is 5.41 Å². The molecule has 1 aliphatic heterocycles. The van der Waals surface area contributed by atoms with E-state index in [9.17, 15) is 5.11 Å². The quantitative estimate of drug-likeness (QED) is 0.907. The van der Waals surface area contributed by atoms with Gasteiger partial charge in [0.05, 0.1) is 17.5 Å². The molecule has 5 heteroatoms. The van der Waals surface area contributed by atoms with Gasteiger partial charge in [-0.15, -0.1) is 0 Å². The molecule has 1 fully saturated rings. The first-order valence-electron chi connectivity index (χ1n) is 7.75. The largest absolute Gasteiger partial charge is 0.391 e. The first kappa shape index (κ1) is 16.3. The number of aliphatic hydroxyl groups is 1. The summed E-state index contributed by atoms with van der Waals surface area (Å²) >= 11 is 0. The van der Waals surface area contributed by atoms with Crippen molar-refractivity contribution in [3.05, 3.63) is 23.8 Å². The third-order valence-corrected chi connectivity index (χ3v) is 4.12. The van der Waals surface area contributed by atoms with Gasteiger partial charge in [-0.25, -0.2) is 0 Å². The predicted octanol–water partition coefficient (Wildman–Crippen LogP) is 1.31. The van der Waals surface area contributed by atoms with Gasteiger partial charge >= 0.3 is 0 Å². The van der Waals surface area contributed by atoms with E-state index in [1.54, 1.807) is 0 Å².